The molecular formula is C16H18ClFN4O2. The smallest absolute Gasteiger partial charge is 0.270 e. The van der Waals surface area contributed by atoms with Gasteiger partial charge in [-0.2, -0.15) is 0 Å². The number of amides is 1. The highest BCUT2D eigenvalue weighted by Crippen LogP contribution is 2.21. The number of hydrogen-bond donors (Lipinski definition) is 2. The second kappa shape index (κ2) is 8.56. The minimum absolute atomic E-state index is 0.0104. The Morgan fingerprint density at radius 3 is 2.83 bits per heavy atom. The van der Waals surface area contributed by atoms with Gasteiger partial charge in [0.25, 0.3) is 5.91 Å². The zero-order valence-corrected chi connectivity index (χ0v) is 14.2. The lowest BCUT2D eigenvalue weighted by Crippen LogP contribution is -2.26. The van der Waals surface area contributed by atoms with Crippen molar-refractivity contribution in [2.45, 2.75) is 13.3 Å². The van der Waals surface area contributed by atoms with Crippen LogP contribution in [0, 0.1) is 12.7 Å². The molecule has 2 aromatic rings. The molecule has 0 aliphatic rings. The number of aryl methyl sites for hydroxylation is 1. The van der Waals surface area contributed by atoms with Gasteiger partial charge in [0.1, 0.15) is 11.5 Å². The maximum Gasteiger partial charge on any atom is 0.270 e. The monoisotopic (exact) mass is 352 g/mol. The van der Waals surface area contributed by atoms with Crippen LogP contribution in [0.2, 0.25) is 5.02 Å². The van der Waals surface area contributed by atoms with E-state index in [1.807, 2.05) is 0 Å². The molecule has 0 aliphatic carbocycles. The first-order valence-electron chi connectivity index (χ1n) is 7.34. The minimum Gasteiger partial charge on any atom is -0.385 e. The number of ether oxygens (including phenoxy) is 1. The maximum absolute atomic E-state index is 13.2. The van der Waals surface area contributed by atoms with Crippen LogP contribution in [0.1, 0.15) is 22.6 Å². The second-order valence-corrected chi connectivity index (χ2v) is 5.48. The van der Waals surface area contributed by atoms with Gasteiger partial charge in [-0.3, -0.25) is 4.79 Å². The van der Waals surface area contributed by atoms with Crippen LogP contribution < -0.4 is 10.6 Å². The highest BCUT2D eigenvalue weighted by molar-refractivity contribution is 6.31. The van der Waals surface area contributed by atoms with Gasteiger partial charge in [0.15, 0.2) is 0 Å². The number of methoxy groups -OCH3 is 1. The van der Waals surface area contributed by atoms with Gasteiger partial charge < -0.3 is 15.4 Å². The molecule has 1 aromatic heterocycles. The zero-order chi connectivity index (χ0) is 17.5. The van der Waals surface area contributed by atoms with Gasteiger partial charge in [-0.1, -0.05) is 11.6 Å². The summed E-state index contributed by atoms with van der Waals surface area (Å²) < 4.78 is 18.1. The summed E-state index contributed by atoms with van der Waals surface area (Å²) in [6.45, 7) is 2.82. The summed E-state index contributed by atoms with van der Waals surface area (Å²) in [7, 11) is 1.61. The molecule has 0 bridgehead atoms. The number of carbonyl (C=O) groups excluding carboxylic acids is 1. The number of nitrogens with one attached hydrogen (secondary N) is 2. The van der Waals surface area contributed by atoms with Crippen LogP contribution in [-0.4, -0.2) is 36.1 Å². The summed E-state index contributed by atoms with van der Waals surface area (Å²) in [4.78, 5) is 20.5. The Kier molecular flexibility index (Phi) is 6.45. The average Bonchev–Trinajstić information content (AvgIpc) is 2.54. The summed E-state index contributed by atoms with van der Waals surface area (Å²) >= 11 is 5.75. The molecule has 24 heavy (non-hydrogen) atoms. The first kappa shape index (κ1) is 18.1. The SMILES string of the molecule is COCCCNC(=O)c1cc(C)nc(Nc2ccc(F)c(Cl)c2)n1. The number of carbonyl (C=O) groups is 1. The van der Waals surface area contributed by atoms with Crippen LogP contribution in [0.25, 0.3) is 0 Å². The minimum atomic E-state index is -0.511. The summed E-state index contributed by atoms with van der Waals surface area (Å²) in [5.74, 6) is -0.569. The van der Waals surface area contributed by atoms with Crippen molar-refractivity contribution < 1.29 is 13.9 Å². The van der Waals surface area contributed by atoms with Crippen LogP contribution in [-0.2, 0) is 4.74 Å². The molecule has 0 atom stereocenters. The Hall–Kier alpha value is -2.25. The quantitative estimate of drug-likeness (QED) is 0.749. The Morgan fingerprint density at radius 1 is 1.33 bits per heavy atom. The van der Waals surface area contributed by atoms with E-state index in [1.54, 1.807) is 20.1 Å². The van der Waals surface area contributed by atoms with Crippen molar-refractivity contribution in [2.24, 2.45) is 0 Å². The van der Waals surface area contributed by atoms with E-state index in [1.165, 1.54) is 18.2 Å². The molecule has 0 aliphatic heterocycles. The van der Waals surface area contributed by atoms with Gasteiger partial charge in [-0.25, -0.2) is 14.4 Å². The molecule has 1 amide bonds. The molecule has 0 unspecified atom stereocenters. The topological polar surface area (TPSA) is 76.1 Å². The molecule has 0 saturated carbocycles. The summed E-state index contributed by atoms with van der Waals surface area (Å²) in [6.07, 6.45) is 0.714. The molecule has 0 fully saturated rings. The maximum atomic E-state index is 13.2. The molecule has 6 nitrogen and oxygen atoms in total. The molecule has 0 radical (unpaired) electrons. The highest BCUT2D eigenvalue weighted by atomic mass is 35.5. The van der Waals surface area contributed by atoms with E-state index in [2.05, 4.69) is 20.6 Å². The summed E-state index contributed by atoms with van der Waals surface area (Å²) in [6, 6.07) is 5.77. The standard InChI is InChI=1S/C16H18ClFN4O2/c1-10-8-14(15(23)19-6-3-7-24-2)22-16(20-10)21-11-4-5-13(18)12(17)9-11/h4-5,8-9H,3,6-7H2,1-2H3,(H,19,23)(H,20,21,22). The van der Waals surface area contributed by atoms with Gasteiger partial charge in [-0.05, 0) is 37.6 Å². The van der Waals surface area contributed by atoms with Gasteiger partial charge in [0, 0.05) is 31.6 Å². The summed E-state index contributed by atoms with van der Waals surface area (Å²) in [5.41, 5.74) is 1.40. The van der Waals surface area contributed by atoms with Crippen molar-refractivity contribution in [1.29, 1.82) is 0 Å². The Morgan fingerprint density at radius 2 is 2.12 bits per heavy atom. The number of anilines is 2. The number of halogens is 2. The number of benzene rings is 1. The van der Waals surface area contributed by atoms with Crippen molar-refractivity contribution >= 4 is 29.1 Å². The number of rotatable bonds is 7. The van der Waals surface area contributed by atoms with E-state index >= 15 is 0 Å². The number of nitrogens with zero attached hydrogens (tertiary/aromatic N) is 2. The number of aromatic nitrogens is 2. The Bertz CT molecular complexity index is 727. The van der Waals surface area contributed by atoms with Crippen molar-refractivity contribution in [3.05, 3.63) is 46.5 Å². The molecule has 0 spiro atoms. The lowest BCUT2D eigenvalue weighted by molar-refractivity contribution is 0.0943. The van der Waals surface area contributed by atoms with Gasteiger partial charge in [0.05, 0.1) is 5.02 Å². The predicted molar refractivity (Wildman–Crippen MR) is 90.3 cm³/mol. The fourth-order valence-corrected chi connectivity index (χ4v) is 2.13. The second-order valence-electron chi connectivity index (χ2n) is 5.07. The molecule has 1 heterocycles. The summed E-state index contributed by atoms with van der Waals surface area (Å²) in [5, 5.41) is 5.66. The molecule has 2 rings (SSSR count). The lowest BCUT2D eigenvalue weighted by atomic mass is 10.3. The van der Waals surface area contributed by atoms with E-state index in [-0.39, 0.29) is 22.6 Å². The van der Waals surface area contributed by atoms with Crippen LogP contribution in [0.5, 0.6) is 0 Å². The molecule has 0 saturated heterocycles. The molecule has 2 N–H and O–H groups in total. The van der Waals surface area contributed by atoms with E-state index in [0.29, 0.717) is 31.0 Å². The van der Waals surface area contributed by atoms with Crippen LogP contribution in [0.3, 0.4) is 0 Å². The first-order chi connectivity index (χ1) is 11.5. The Labute approximate surface area is 144 Å². The van der Waals surface area contributed by atoms with E-state index < -0.39 is 5.82 Å². The van der Waals surface area contributed by atoms with Crippen LogP contribution >= 0.6 is 11.6 Å². The molecular weight excluding hydrogens is 335 g/mol. The Balaban J connectivity index is 2.10. The largest absolute Gasteiger partial charge is 0.385 e. The lowest BCUT2D eigenvalue weighted by Gasteiger charge is -2.09. The number of hydrogen-bond acceptors (Lipinski definition) is 5. The van der Waals surface area contributed by atoms with E-state index in [4.69, 9.17) is 16.3 Å². The average molecular weight is 353 g/mol. The normalized spacial score (nSPS) is 10.5. The fourth-order valence-electron chi connectivity index (χ4n) is 1.95. The van der Waals surface area contributed by atoms with Crippen molar-refractivity contribution in [2.75, 3.05) is 25.6 Å². The van der Waals surface area contributed by atoms with Crippen molar-refractivity contribution in [3.8, 4) is 0 Å². The van der Waals surface area contributed by atoms with Crippen LogP contribution in [0.4, 0.5) is 16.0 Å². The van der Waals surface area contributed by atoms with E-state index in [0.717, 1.165) is 0 Å². The van der Waals surface area contributed by atoms with Crippen LogP contribution in [0.15, 0.2) is 24.3 Å². The third-order valence-corrected chi connectivity index (χ3v) is 3.36. The third-order valence-electron chi connectivity index (χ3n) is 3.07. The first-order valence-corrected chi connectivity index (χ1v) is 7.72. The van der Waals surface area contributed by atoms with Crippen molar-refractivity contribution in [3.63, 3.8) is 0 Å². The molecule has 128 valence electrons. The van der Waals surface area contributed by atoms with Crippen molar-refractivity contribution in [1.82, 2.24) is 15.3 Å². The van der Waals surface area contributed by atoms with Gasteiger partial charge in [-0.15, -0.1) is 0 Å². The molecule has 8 heteroatoms. The third kappa shape index (κ3) is 5.14. The predicted octanol–water partition coefficient (Wildman–Crippen LogP) is 3.09. The zero-order valence-electron chi connectivity index (χ0n) is 13.4. The van der Waals surface area contributed by atoms with E-state index in [9.17, 15) is 9.18 Å². The van der Waals surface area contributed by atoms with Gasteiger partial charge >= 0.3 is 0 Å². The fraction of sp³-hybridized carbons (Fsp3) is 0.312. The highest BCUT2D eigenvalue weighted by Gasteiger charge is 2.11. The van der Waals surface area contributed by atoms with Gasteiger partial charge in [0.2, 0.25) is 5.95 Å². The molecule has 1 aromatic carbocycles.